The van der Waals surface area contributed by atoms with Crippen molar-refractivity contribution in [2.75, 3.05) is 6.61 Å². The summed E-state index contributed by atoms with van der Waals surface area (Å²) in [5.41, 5.74) is 11.4. The van der Waals surface area contributed by atoms with E-state index >= 15 is 4.39 Å². The largest absolute Gasteiger partial charge is 0.358 e. The molecule has 8 heteroatoms. The summed E-state index contributed by atoms with van der Waals surface area (Å²) < 4.78 is 33.2. The third-order valence-electron chi connectivity index (χ3n) is 5.12. The van der Waals surface area contributed by atoms with E-state index in [0.29, 0.717) is 0 Å². The van der Waals surface area contributed by atoms with Crippen LogP contribution in [-0.4, -0.2) is 36.5 Å². The van der Waals surface area contributed by atoms with E-state index in [1.54, 1.807) is 0 Å². The Bertz CT molecular complexity index is 909. The van der Waals surface area contributed by atoms with Crippen LogP contribution in [0.4, 0.5) is 4.39 Å². The summed E-state index contributed by atoms with van der Waals surface area (Å²) in [6, 6.07) is 14.4. The number of rotatable bonds is 4. The molecule has 3 unspecified atom stereocenters. The lowest BCUT2D eigenvalue weighted by atomic mass is 9.98. The van der Waals surface area contributed by atoms with Gasteiger partial charge in [0, 0.05) is 15.4 Å². The van der Waals surface area contributed by atoms with E-state index in [2.05, 4.69) is 16.1 Å². The molecule has 0 bridgehead atoms. The number of hydrogen-bond acceptors (Lipinski definition) is 5. The molecule has 4 rings (SSSR count). The number of alkyl halides is 1. The monoisotopic (exact) mass is 415 g/mol. The summed E-state index contributed by atoms with van der Waals surface area (Å²) in [7, 11) is 0. The van der Waals surface area contributed by atoms with E-state index in [-0.39, 0.29) is 6.61 Å². The van der Waals surface area contributed by atoms with Gasteiger partial charge < -0.3 is 14.2 Å². The van der Waals surface area contributed by atoms with Crippen LogP contribution in [-0.2, 0) is 14.2 Å². The van der Waals surface area contributed by atoms with Crippen LogP contribution in [0, 0.1) is 13.8 Å². The Balaban J connectivity index is 1.54. The number of thioether (sulfide) groups is 1. The average molecular weight is 415 g/mol. The van der Waals surface area contributed by atoms with E-state index < -0.39 is 36.1 Å². The van der Waals surface area contributed by atoms with Crippen molar-refractivity contribution in [3.05, 3.63) is 75.7 Å². The fourth-order valence-corrected chi connectivity index (χ4v) is 4.84. The maximum Gasteiger partial charge on any atom is 0.184 e. The van der Waals surface area contributed by atoms with E-state index in [0.717, 1.165) is 21.6 Å². The molecule has 0 radical (unpaired) electrons. The zero-order valence-electron chi connectivity index (χ0n) is 16.1. The molecular formula is C21H22FN3O3S. The fourth-order valence-electron chi connectivity index (χ4n) is 3.66. The molecule has 2 fully saturated rings. The highest BCUT2D eigenvalue weighted by Crippen LogP contribution is 2.41. The molecule has 2 aromatic carbocycles. The molecule has 0 aliphatic carbocycles. The summed E-state index contributed by atoms with van der Waals surface area (Å²) >= 11 is 1.37. The minimum absolute atomic E-state index is 0.206. The maximum absolute atomic E-state index is 15.4. The molecule has 6 atom stereocenters. The first-order valence-corrected chi connectivity index (χ1v) is 10.3. The maximum atomic E-state index is 15.4. The number of aryl methyl sites for hydroxylation is 2. The van der Waals surface area contributed by atoms with E-state index in [1.165, 1.54) is 11.8 Å². The van der Waals surface area contributed by atoms with Crippen molar-refractivity contribution in [2.45, 2.75) is 54.9 Å². The number of fused-ring (bicyclic) bond motifs is 1. The molecule has 0 amide bonds. The van der Waals surface area contributed by atoms with Gasteiger partial charge in [-0.2, -0.15) is 0 Å². The van der Waals surface area contributed by atoms with Crippen LogP contribution in [0.25, 0.3) is 10.4 Å². The highest BCUT2D eigenvalue weighted by Gasteiger charge is 2.50. The predicted molar refractivity (Wildman–Crippen MR) is 108 cm³/mol. The van der Waals surface area contributed by atoms with Gasteiger partial charge in [-0.05, 0) is 31.0 Å². The molecule has 2 aliphatic rings. The Labute approximate surface area is 173 Å². The Morgan fingerprint density at radius 1 is 1.14 bits per heavy atom. The summed E-state index contributed by atoms with van der Waals surface area (Å²) in [6.45, 7) is 4.22. The molecule has 29 heavy (non-hydrogen) atoms. The number of benzene rings is 2. The van der Waals surface area contributed by atoms with Crippen molar-refractivity contribution in [1.29, 1.82) is 0 Å². The van der Waals surface area contributed by atoms with Crippen molar-refractivity contribution in [3.63, 3.8) is 0 Å². The number of hydrogen-bond donors (Lipinski definition) is 0. The Hall–Kier alpha value is -2.09. The van der Waals surface area contributed by atoms with Gasteiger partial charge in [-0.25, -0.2) is 4.39 Å². The van der Waals surface area contributed by atoms with Gasteiger partial charge in [0.15, 0.2) is 6.29 Å². The van der Waals surface area contributed by atoms with E-state index in [4.69, 9.17) is 19.7 Å². The first-order valence-electron chi connectivity index (χ1n) is 9.46. The standard InChI is InChI=1S/C21H22FN3O3S/c1-12-8-9-16(13(2)10-12)29-21-18(24-25-23)17(22)19-15(27-21)11-26-20(28-19)14-6-4-3-5-7-14/h3-10,15,17-21H,11H2,1-2H3/t15-,17-,18?,19?,20?,21+/m1/s1. The lowest BCUT2D eigenvalue weighted by molar-refractivity contribution is -0.297. The van der Waals surface area contributed by atoms with Gasteiger partial charge >= 0.3 is 0 Å². The summed E-state index contributed by atoms with van der Waals surface area (Å²) in [5.74, 6) is 0. The number of azide groups is 1. The second-order valence-corrected chi connectivity index (χ2v) is 8.39. The molecule has 0 saturated carbocycles. The molecule has 2 saturated heterocycles. The van der Waals surface area contributed by atoms with Gasteiger partial charge in [-0.1, -0.05) is 64.9 Å². The van der Waals surface area contributed by atoms with Crippen LogP contribution in [0.1, 0.15) is 23.0 Å². The van der Waals surface area contributed by atoms with Crippen molar-refractivity contribution in [1.82, 2.24) is 0 Å². The third-order valence-corrected chi connectivity index (χ3v) is 6.45. The lowest BCUT2D eigenvalue weighted by Gasteiger charge is -2.45. The molecule has 0 N–H and O–H groups in total. The van der Waals surface area contributed by atoms with Crippen molar-refractivity contribution < 1.29 is 18.6 Å². The first-order chi connectivity index (χ1) is 14.1. The van der Waals surface area contributed by atoms with Crippen LogP contribution >= 0.6 is 11.8 Å². The highest BCUT2D eigenvalue weighted by atomic mass is 32.2. The zero-order valence-corrected chi connectivity index (χ0v) is 17.0. The molecule has 2 heterocycles. The smallest absolute Gasteiger partial charge is 0.184 e. The van der Waals surface area contributed by atoms with Crippen LogP contribution < -0.4 is 0 Å². The number of halogens is 1. The SMILES string of the molecule is Cc1ccc(S[C@@H]2O[C@@H]3COC(c4ccccc4)OC3[C@H](F)C2N=[N+]=[N-])c(C)c1. The topological polar surface area (TPSA) is 76.5 Å². The van der Waals surface area contributed by atoms with Crippen LogP contribution in [0.5, 0.6) is 0 Å². The minimum atomic E-state index is -1.50. The Morgan fingerprint density at radius 2 is 1.93 bits per heavy atom. The van der Waals surface area contributed by atoms with Gasteiger partial charge in [0.05, 0.1) is 6.61 Å². The van der Waals surface area contributed by atoms with Gasteiger partial charge in [0.2, 0.25) is 0 Å². The number of nitrogens with zero attached hydrogens (tertiary/aromatic N) is 3. The Kier molecular flexibility index (Phi) is 6.08. The van der Waals surface area contributed by atoms with E-state index in [9.17, 15) is 0 Å². The molecule has 2 aliphatic heterocycles. The third kappa shape index (κ3) is 4.27. The minimum Gasteiger partial charge on any atom is -0.358 e. The quantitative estimate of drug-likeness (QED) is 0.388. The molecule has 0 spiro atoms. The van der Waals surface area contributed by atoms with Crippen molar-refractivity contribution in [2.24, 2.45) is 5.11 Å². The van der Waals surface area contributed by atoms with Crippen LogP contribution in [0.3, 0.4) is 0 Å². The molecular weight excluding hydrogens is 393 g/mol. The van der Waals surface area contributed by atoms with Crippen LogP contribution in [0.2, 0.25) is 0 Å². The zero-order chi connectivity index (χ0) is 20.4. The van der Waals surface area contributed by atoms with Gasteiger partial charge in [-0.3, -0.25) is 0 Å². The summed E-state index contributed by atoms with van der Waals surface area (Å²) in [6.07, 6.45) is -3.60. The summed E-state index contributed by atoms with van der Waals surface area (Å²) in [4.78, 5) is 3.82. The lowest BCUT2D eigenvalue weighted by Crippen LogP contribution is -2.58. The number of ether oxygens (including phenoxy) is 3. The fraction of sp³-hybridized carbons (Fsp3) is 0.429. The molecule has 152 valence electrons. The van der Waals surface area contributed by atoms with Crippen LogP contribution in [0.15, 0.2) is 58.5 Å². The normalized spacial score (nSPS) is 31.6. The first kappa shape index (κ1) is 20.2. The van der Waals surface area contributed by atoms with Gasteiger partial charge in [-0.15, -0.1) is 0 Å². The predicted octanol–water partition coefficient (Wildman–Crippen LogP) is 5.25. The molecule has 2 aromatic rings. The van der Waals surface area contributed by atoms with Gasteiger partial charge in [0.1, 0.15) is 29.9 Å². The second kappa shape index (κ2) is 8.73. The Morgan fingerprint density at radius 3 is 2.66 bits per heavy atom. The molecule has 0 aromatic heterocycles. The average Bonchev–Trinajstić information content (AvgIpc) is 2.73. The van der Waals surface area contributed by atoms with Crippen molar-refractivity contribution in [3.8, 4) is 0 Å². The van der Waals surface area contributed by atoms with Crippen molar-refractivity contribution >= 4 is 11.8 Å². The second-order valence-electron chi connectivity index (χ2n) is 7.25. The summed E-state index contributed by atoms with van der Waals surface area (Å²) in [5, 5.41) is 3.72. The van der Waals surface area contributed by atoms with E-state index in [1.807, 2.05) is 56.3 Å². The molecule has 6 nitrogen and oxygen atoms in total. The van der Waals surface area contributed by atoms with Gasteiger partial charge in [0.25, 0.3) is 0 Å². The highest BCUT2D eigenvalue weighted by molar-refractivity contribution is 7.99.